The van der Waals surface area contributed by atoms with Crippen LogP contribution in [0.5, 0.6) is 5.88 Å². The molecule has 3 aromatic rings. The number of ether oxygens (including phenoxy) is 1. The lowest BCUT2D eigenvalue weighted by molar-refractivity contribution is 0.253. The molecule has 130 valence electrons. The quantitative estimate of drug-likeness (QED) is 0.650. The van der Waals surface area contributed by atoms with Crippen molar-refractivity contribution in [1.82, 2.24) is 14.9 Å². The van der Waals surface area contributed by atoms with Crippen molar-refractivity contribution in [3.05, 3.63) is 58.7 Å². The van der Waals surface area contributed by atoms with Crippen molar-refractivity contribution in [2.45, 2.75) is 6.54 Å². The van der Waals surface area contributed by atoms with E-state index in [0.29, 0.717) is 19.0 Å². The number of halogens is 1. The lowest BCUT2D eigenvalue weighted by Gasteiger charge is -2.11. The Morgan fingerprint density at radius 1 is 1.16 bits per heavy atom. The van der Waals surface area contributed by atoms with Gasteiger partial charge in [-0.3, -0.25) is 0 Å². The second kappa shape index (κ2) is 8.27. The van der Waals surface area contributed by atoms with Crippen LogP contribution in [0, 0.1) is 0 Å². The molecule has 0 aliphatic carbocycles. The highest BCUT2D eigenvalue weighted by Crippen LogP contribution is 2.23. The third-order valence-corrected chi connectivity index (χ3v) is 4.37. The van der Waals surface area contributed by atoms with Gasteiger partial charge in [-0.15, -0.1) is 0 Å². The fourth-order valence-corrected chi connectivity index (χ4v) is 2.84. The molecule has 0 unspecified atom stereocenters. The van der Waals surface area contributed by atoms with Crippen molar-refractivity contribution in [3.63, 3.8) is 0 Å². The number of hydrogen-bond acceptors (Lipinski definition) is 5. The monoisotopic (exact) mass is 400 g/mol. The van der Waals surface area contributed by atoms with Crippen LogP contribution in [-0.2, 0) is 6.54 Å². The largest absolute Gasteiger partial charge is 0.476 e. The van der Waals surface area contributed by atoms with E-state index >= 15 is 0 Å². The van der Waals surface area contributed by atoms with Crippen LogP contribution >= 0.6 is 15.9 Å². The standard InChI is InChI=1S/C19H21BrN4O/c1-24(2)10-11-25-18-12-14(8-9-21-18)13-22-17-7-6-15-4-3-5-16(20)19(15)23-17/h3-9,12H,10-11,13H2,1-2H3,(H,22,23). The van der Waals surface area contributed by atoms with Gasteiger partial charge < -0.3 is 15.0 Å². The molecule has 6 heteroatoms. The Balaban J connectivity index is 1.64. The smallest absolute Gasteiger partial charge is 0.213 e. The number of fused-ring (bicyclic) bond motifs is 1. The van der Waals surface area contributed by atoms with Gasteiger partial charge in [-0.1, -0.05) is 12.1 Å². The average Bonchev–Trinajstić information content (AvgIpc) is 2.60. The van der Waals surface area contributed by atoms with E-state index in [1.54, 1.807) is 6.20 Å². The molecule has 0 radical (unpaired) electrons. The first-order valence-electron chi connectivity index (χ1n) is 8.13. The van der Waals surface area contributed by atoms with E-state index in [9.17, 15) is 0 Å². The van der Waals surface area contributed by atoms with Gasteiger partial charge in [-0.25, -0.2) is 9.97 Å². The summed E-state index contributed by atoms with van der Waals surface area (Å²) in [4.78, 5) is 11.0. The van der Waals surface area contributed by atoms with Crippen LogP contribution in [0.15, 0.2) is 53.1 Å². The zero-order valence-electron chi connectivity index (χ0n) is 14.4. The third kappa shape index (κ3) is 4.90. The minimum Gasteiger partial charge on any atom is -0.476 e. The van der Waals surface area contributed by atoms with Crippen LogP contribution in [0.4, 0.5) is 5.82 Å². The predicted octanol–water partition coefficient (Wildman–Crippen LogP) is 3.94. The maximum Gasteiger partial charge on any atom is 0.213 e. The van der Waals surface area contributed by atoms with Gasteiger partial charge in [-0.05, 0) is 59.9 Å². The molecular formula is C19H21BrN4O. The molecule has 0 spiro atoms. The number of rotatable bonds is 7. The van der Waals surface area contributed by atoms with Gasteiger partial charge in [0, 0.05) is 35.2 Å². The molecular weight excluding hydrogens is 380 g/mol. The summed E-state index contributed by atoms with van der Waals surface area (Å²) in [6, 6.07) is 14.1. The van der Waals surface area contributed by atoms with E-state index in [-0.39, 0.29) is 0 Å². The van der Waals surface area contributed by atoms with Gasteiger partial charge in [-0.2, -0.15) is 0 Å². The Morgan fingerprint density at radius 2 is 2.04 bits per heavy atom. The third-order valence-electron chi connectivity index (χ3n) is 3.73. The summed E-state index contributed by atoms with van der Waals surface area (Å²) in [5.41, 5.74) is 2.05. The molecule has 0 aliphatic rings. The number of aromatic nitrogens is 2. The van der Waals surface area contributed by atoms with Crippen molar-refractivity contribution in [2.24, 2.45) is 0 Å². The summed E-state index contributed by atoms with van der Waals surface area (Å²) in [6.45, 7) is 2.15. The van der Waals surface area contributed by atoms with Crippen LogP contribution in [0.1, 0.15) is 5.56 Å². The van der Waals surface area contributed by atoms with Crippen molar-refractivity contribution >= 4 is 32.7 Å². The van der Waals surface area contributed by atoms with Crippen LogP contribution in [0.25, 0.3) is 10.9 Å². The summed E-state index contributed by atoms with van der Waals surface area (Å²) < 4.78 is 6.68. The number of likely N-dealkylation sites (N-methyl/N-ethyl adjacent to an activating group) is 1. The molecule has 0 atom stereocenters. The zero-order chi connectivity index (χ0) is 17.6. The van der Waals surface area contributed by atoms with E-state index < -0.39 is 0 Å². The van der Waals surface area contributed by atoms with Crippen molar-refractivity contribution in [2.75, 3.05) is 32.6 Å². The molecule has 0 bridgehead atoms. The molecule has 0 saturated heterocycles. The van der Waals surface area contributed by atoms with Gasteiger partial charge in [0.05, 0.1) is 5.52 Å². The Bertz CT molecular complexity index is 854. The first-order valence-corrected chi connectivity index (χ1v) is 8.93. The lowest BCUT2D eigenvalue weighted by atomic mass is 10.2. The number of nitrogens with zero attached hydrogens (tertiary/aromatic N) is 3. The number of para-hydroxylation sites is 1. The van der Waals surface area contributed by atoms with Gasteiger partial charge in [0.1, 0.15) is 12.4 Å². The summed E-state index contributed by atoms with van der Waals surface area (Å²) in [5, 5.41) is 4.47. The lowest BCUT2D eigenvalue weighted by Crippen LogP contribution is -2.19. The highest BCUT2D eigenvalue weighted by Gasteiger charge is 2.03. The molecule has 1 N–H and O–H groups in total. The zero-order valence-corrected chi connectivity index (χ0v) is 16.0. The first kappa shape index (κ1) is 17.6. The van der Waals surface area contributed by atoms with Crippen LogP contribution in [0.2, 0.25) is 0 Å². The van der Waals surface area contributed by atoms with Crippen LogP contribution in [0.3, 0.4) is 0 Å². The van der Waals surface area contributed by atoms with E-state index in [2.05, 4.69) is 48.2 Å². The van der Waals surface area contributed by atoms with Crippen LogP contribution in [-0.4, -0.2) is 42.1 Å². The van der Waals surface area contributed by atoms with E-state index in [0.717, 1.165) is 33.3 Å². The summed E-state index contributed by atoms with van der Waals surface area (Å²) in [5.74, 6) is 1.49. The topological polar surface area (TPSA) is 50.3 Å². The Morgan fingerprint density at radius 3 is 2.88 bits per heavy atom. The SMILES string of the molecule is CN(C)CCOc1cc(CNc2ccc3cccc(Br)c3n2)ccn1. The van der Waals surface area contributed by atoms with Crippen LogP contribution < -0.4 is 10.1 Å². The van der Waals surface area contributed by atoms with Gasteiger partial charge >= 0.3 is 0 Å². The maximum absolute atomic E-state index is 5.68. The molecule has 25 heavy (non-hydrogen) atoms. The van der Waals surface area contributed by atoms with Gasteiger partial charge in [0.15, 0.2) is 0 Å². The second-order valence-electron chi connectivity index (χ2n) is 6.02. The molecule has 5 nitrogen and oxygen atoms in total. The normalized spacial score (nSPS) is 11.0. The molecule has 0 fully saturated rings. The summed E-state index contributed by atoms with van der Waals surface area (Å²) >= 11 is 3.55. The van der Waals surface area contributed by atoms with E-state index in [1.807, 2.05) is 44.4 Å². The molecule has 0 aliphatic heterocycles. The fraction of sp³-hybridized carbons (Fsp3) is 0.263. The van der Waals surface area contributed by atoms with Crippen molar-refractivity contribution in [1.29, 1.82) is 0 Å². The van der Waals surface area contributed by atoms with E-state index in [1.165, 1.54) is 0 Å². The minimum absolute atomic E-state index is 0.622. The van der Waals surface area contributed by atoms with E-state index in [4.69, 9.17) is 4.74 Å². The van der Waals surface area contributed by atoms with Gasteiger partial charge in [0.2, 0.25) is 5.88 Å². The maximum atomic E-state index is 5.68. The molecule has 0 amide bonds. The number of benzene rings is 1. The first-order chi connectivity index (χ1) is 12.1. The number of anilines is 1. The molecule has 2 heterocycles. The fourth-order valence-electron chi connectivity index (χ4n) is 2.37. The van der Waals surface area contributed by atoms with Crippen molar-refractivity contribution < 1.29 is 4.74 Å². The highest BCUT2D eigenvalue weighted by atomic mass is 79.9. The Hall–Kier alpha value is -2.18. The number of pyridine rings is 2. The Labute approximate surface area is 156 Å². The Kier molecular flexibility index (Phi) is 5.83. The molecule has 3 rings (SSSR count). The second-order valence-corrected chi connectivity index (χ2v) is 6.87. The minimum atomic E-state index is 0.622. The molecule has 2 aromatic heterocycles. The average molecular weight is 401 g/mol. The van der Waals surface area contributed by atoms with Crippen molar-refractivity contribution in [3.8, 4) is 5.88 Å². The predicted molar refractivity (Wildman–Crippen MR) is 105 cm³/mol. The number of hydrogen-bond donors (Lipinski definition) is 1. The number of nitrogens with one attached hydrogen (secondary N) is 1. The summed E-state index contributed by atoms with van der Waals surface area (Å²) in [6.07, 6.45) is 1.77. The van der Waals surface area contributed by atoms with Gasteiger partial charge in [0.25, 0.3) is 0 Å². The highest BCUT2D eigenvalue weighted by molar-refractivity contribution is 9.10. The summed E-state index contributed by atoms with van der Waals surface area (Å²) in [7, 11) is 4.04. The molecule has 1 aromatic carbocycles. The molecule has 0 saturated carbocycles.